The molecule has 0 fully saturated rings. The van der Waals surface area contributed by atoms with Gasteiger partial charge >= 0.3 is 6.09 Å². The van der Waals surface area contributed by atoms with E-state index in [1.807, 2.05) is 20.8 Å². The predicted octanol–water partition coefficient (Wildman–Crippen LogP) is 2.57. The third-order valence-corrected chi connectivity index (χ3v) is 2.75. The van der Waals surface area contributed by atoms with E-state index < -0.39 is 11.7 Å². The van der Waals surface area contributed by atoms with Crippen molar-refractivity contribution in [3.05, 3.63) is 10.7 Å². The molecule has 1 rings (SSSR count). The molecule has 1 heterocycles. The Hall–Kier alpha value is -1.57. The summed E-state index contributed by atoms with van der Waals surface area (Å²) in [5.74, 6) is 0.951. The Bertz CT molecular complexity index is 477. The molecule has 0 aliphatic carbocycles. The van der Waals surface area contributed by atoms with Crippen molar-refractivity contribution < 1.29 is 14.3 Å². The average molecular weight is 361 g/mol. The van der Waals surface area contributed by atoms with Gasteiger partial charge in [-0.05, 0) is 43.1 Å². The maximum Gasteiger partial charge on any atom is 0.407 e. The number of alkyl carbamates (subject to hydrolysis) is 1. The van der Waals surface area contributed by atoms with Gasteiger partial charge in [-0.3, -0.25) is 0 Å². The zero-order valence-electron chi connectivity index (χ0n) is 12.7. The van der Waals surface area contributed by atoms with Crippen molar-refractivity contribution in [3.63, 3.8) is 0 Å². The molecule has 0 atom stereocenters. The minimum Gasteiger partial charge on any atom is -0.480 e. The van der Waals surface area contributed by atoms with E-state index in [9.17, 15) is 4.79 Å². The Morgan fingerprint density at radius 3 is 2.71 bits per heavy atom. The molecular formula is C13H21BrN4O3. The molecule has 21 heavy (non-hydrogen) atoms. The van der Waals surface area contributed by atoms with Crippen LogP contribution in [0.1, 0.15) is 27.2 Å². The lowest BCUT2D eigenvalue weighted by Crippen LogP contribution is -2.33. The van der Waals surface area contributed by atoms with Gasteiger partial charge < -0.3 is 20.1 Å². The lowest BCUT2D eigenvalue weighted by atomic mass is 10.2. The zero-order chi connectivity index (χ0) is 15.9. The molecule has 0 bridgehead atoms. The van der Waals surface area contributed by atoms with Crippen LogP contribution in [0.5, 0.6) is 5.88 Å². The second-order valence-electron chi connectivity index (χ2n) is 5.26. The summed E-state index contributed by atoms with van der Waals surface area (Å²) in [6.45, 7) is 6.61. The molecule has 7 nitrogen and oxygen atoms in total. The highest BCUT2D eigenvalue weighted by molar-refractivity contribution is 9.10. The highest BCUT2D eigenvalue weighted by atomic mass is 79.9. The molecule has 0 aliphatic rings. The fraction of sp³-hybridized carbons (Fsp3) is 0.615. The van der Waals surface area contributed by atoms with Crippen LogP contribution in [0, 0.1) is 0 Å². The fourth-order valence-corrected chi connectivity index (χ4v) is 1.73. The van der Waals surface area contributed by atoms with E-state index in [1.54, 1.807) is 13.3 Å². The smallest absolute Gasteiger partial charge is 0.407 e. The number of rotatable bonds is 6. The standard InChI is InChI=1S/C13H21BrN4O3/c1-13(2,3)21-12(19)16-7-5-6-15-11-17-8-9(14)10(18-11)20-4/h8H,5-7H2,1-4H3,(H,16,19)(H,15,17,18). The van der Waals surface area contributed by atoms with Gasteiger partial charge in [-0.1, -0.05) is 0 Å². The summed E-state index contributed by atoms with van der Waals surface area (Å²) < 4.78 is 10.9. The lowest BCUT2D eigenvalue weighted by Gasteiger charge is -2.19. The van der Waals surface area contributed by atoms with Crippen LogP contribution in [-0.4, -0.2) is 41.9 Å². The van der Waals surface area contributed by atoms with E-state index in [1.165, 1.54) is 0 Å². The predicted molar refractivity (Wildman–Crippen MR) is 83.6 cm³/mol. The number of methoxy groups -OCH3 is 1. The van der Waals surface area contributed by atoms with E-state index in [0.717, 1.165) is 6.42 Å². The van der Waals surface area contributed by atoms with Gasteiger partial charge in [-0.2, -0.15) is 4.98 Å². The number of amides is 1. The van der Waals surface area contributed by atoms with Crippen molar-refractivity contribution in [1.82, 2.24) is 15.3 Å². The van der Waals surface area contributed by atoms with Crippen molar-refractivity contribution in [2.24, 2.45) is 0 Å². The van der Waals surface area contributed by atoms with Crippen LogP contribution in [0.3, 0.4) is 0 Å². The highest BCUT2D eigenvalue weighted by Crippen LogP contribution is 2.21. The van der Waals surface area contributed by atoms with Crippen LogP contribution < -0.4 is 15.4 Å². The second kappa shape index (κ2) is 8.02. The van der Waals surface area contributed by atoms with E-state index in [-0.39, 0.29) is 0 Å². The normalized spacial score (nSPS) is 10.9. The van der Waals surface area contributed by atoms with Crippen LogP contribution in [0.25, 0.3) is 0 Å². The third-order valence-electron chi connectivity index (χ3n) is 2.21. The quantitative estimate of drug-likeness (QED) is 0.758. The molecule has 118 valence electrons. The molecule has 0 aromatic carbocycles. The first-order valence-electron chi connectivity index (χ1n) is 6.59. The second-order valence-corrected chi connectivity index (χ2v) is 6.11. The van der Waals surface area contributed by atoms with Crippen LogP contribution >= 0.6 is 15.9 Å². The molecule has 0 unspecified atom stereocenters. The number of anilines is 1. The summed E-state index contributed by atoms with van der Waals surface area (Å²) in [6.07, 6.45) is 1.93. The van der Waals surface area contributed by atoms with Gasteiger partial charge in [0, 0.05) is 13.1 Å². The lowest BCUT2D eigenvalue weighted by molar-refractivity contribution is 0.0528. The molecule has 2 N–H and O–H groups in total. The van der Waals surface area contributed by atoms with E-state index in [0.29, 0.717) is 29.4 Å². The van der Waals surface area contributed by atoms with Gasteiger partial charge in [-0.15, -0.1) is 0 Å². The molecule has 1 amide bonds. The molecule has 0 radical (unpaired) electrons. The molecule has 1 aromatic heterocycles. The van der Waals surface area contributed by atoms with Crippen molar-refractivity contribution in [2.75, 3.05) is 25.5 Å². The number of nitrogens with zero attached hydrogens (tertiary/aromatic N) is 2. The Balaban J connectivity index is 2.24. The van der Waals surface area contributed by atoms with Crippen LogP contribution in [0.15, 0.2) is 10.7 Å². The van der Waals surface area contributed by atoms with Crippen LogP contribution in [0.4, 0.5) is 10.7 Å². The number of halogens is 1. The number of aromatic nitrogens is 2. The summed E-state index contributed by atoms with van der Waals surface area (Å²) in [4.78, 5) is 19.7. The maximum atomic E-state index is 11.4. The number of carbonyl (C=O) groups is 1. The Morgan fingerprint density at radius 2 is 2.10 bits per heavy atom. The van der Waals surface area contributed by atoms with E-state index in [2.05, 4.69) is 36.5 Å². The van der Waals surface area contributed by atoms with Gasteiger partial charge in [0.2, 0.25) is 11.8 Å². The first-order valence-corrected chi connectivity index (χ1v) is 7.38. The number of ether oxygens (including phenoxy) is 2. The van der Waals surface area contributed by atoms with Crippen LogP contribution in [0.2, 0.25) is 0 Å². The monoisotopic (exact) mass is 360 g/mol. The third kappa shape index (κ3) is 7.12. The van der Waals surface area contributed by atoms with Crippen molar-refractivity contribution in [2.45, 2.75) is 32.8 Å². The summed E-state index contributed by atoms with van der Waals surface area (Å²) in [5.41, 5.74) is -0.482. The summed E-state index contributed by atoms with van der Waals surface area (Å²) in [7, 11) is 1.54. The minimum atomic E-state index is -0.482. The summed E-state index contributed by atoms with van der Waals surface area (Å²) in [5, 5.41) is 5.74. The number of hydrogen-bond donors (Lipinski definition) is 2. The first-order chi connectivity index (χ1) is 9.81. The zero-order valence-corrected chi connectivity index (χ0v) is 14.3. The van der Waals surface area contributed by atoms with E-state index in [4.69, 9.17) is 9.47 Å². The Labute approximate surface area is 133 Å². The molecule has 0 saturated heterocycles. The van der Waals surface area contributed by atoms with Crippen LogP contribution in [-0.2, 0) is 4.74 Å². The molecule has 8 heteroatoms. The van der Waals surface area contributed by atoms with Crippen molar-refractivity contribution in [1.29, 1.82) is 0 Å². The van der Waals surface area contributed by atoms with Gasteiger partial charge in [-0.25, -0.2) is 9.78 Å². The molecule has 0 aliphatic heterocycles. The van der Waals surface area contributed by atoms with Gasteiger partial charge in [0.25, 0.3) is 0 Å². The number of carbonyl (C=O) groups excluding carboxylic acids is 1. The van der Waals surface area contributed by atoms with Gasteiger partial charge in [0.05, 0.1) is 17.8 Å². The number of nitrogens with one attached hydrogen (secondary N) is 2. The summed E-state index contributed by atoms with van der Waals surface area (Å²) >= 11 is 3.28. The Kier molecular flexibility index (Phi) is 6.67. The molecule has 0 spiro atoms. The van der Waals surface area contributed by atoms with Gasteiger partial charge in [0.15, 0.2) is 0 Å². The molecule has 0 saturated carbocycles. The summed E-state index contributed by atoms with van der Waals surface area (Å²) in [6, 6.07) is 0. The highest BCUT2D eigenvalue weighted by Gasteiger charge is 2.15. The number of hydrogen-bond acceptors (Lipinski definition) is 6. The minimum absolute atomic E-state index is 0.413. The Morgan fingerprint density at radius 1 is 1.38 bits per heavy atom. The van der Waals surface area contributed by atoms with Crippen molar-refractivity contribution in [3.8, 4) is 5.88 Å². The first kappa shape index (κ1) is 17.5. The largest absolute Gasteiger partial charge is 0.480 e. The average Bonchev–Trinajstić information content (AvgIpc) is 2.38. The topological polar surface area (TPSA) is 85.4 Å². The maximum absolute atomic E-state index is 11.4. The van der Waals surface area contributed by atoms with E-state index >= 15 is 0 Å². The molecule has 1 aromatic rings. The SMILES string of the molecule is COc1nc(NCCCNC(=O)OC(C)(C)C)ncc1Br. The van der Waals surface area contributed by atoms with Gasteiger partial charge in [0.1, 0.15) is 5.60 Å². The fourth-order valence-electron chi connectivity index (χ4n) is 1.37. The molecular weight excluding hydrogens is 340 g/mol. The van der Waals surface area contributed by atoms with Crippen molar-refractivity contribution >= 4 is 28.0 Å².